The van der Waals surface area contributed by atoms with Gasteiger partial charge in [0.1, 0.15) is 22.8 Å². The molecular formula is C12H16O4. The van der Waals surface area contributed by atoms with Gasteiger partial charge in [-0.2, -0.15) is 0 Å². The molecule has 0 fully saturated rings. The lowest BCUT2D eigenvalue weighted by atomic mass is 9.95. The van der Waals surface area contributed by atoms with Gasteiger partial charge < -0.3 is 15.3 Å². The van der Waals surface area contributed by atoms with Gasteiger partial charge in [0.2, 0.25) is 0 Å². The molecule has 0 bridgehead atoms. The van der Waals surface area contributed by atoms with Crippen LogP contribution in [0, 0.1) is 0 Å². The smallest absolute Gasteiger partial charge is 0.167 e. The Kier molecular flexibility index (Phi) is 3.42. The molecule has 0 radical (unpaired) electrons. The van der Waals surface area contributed by atoms with Gasteiger partial charge in [-0.25, -0.2) is 0 Å². The Bertz CT molecular complexity index is 404. The first kappa shape index (κ1) is 12.4. The molecule has 0 heterocycles. The Morgan fingerprint density at radius 3 is 1.56 bits per heavy atom. The average Bonchev–Trinajstić information content (AvgIpc) is 2.18. The third kappa shape index (κ3) is 1.71. The highest BCUT2D eigenvalue weighted by Crippen LogP contribution is 2.42. The Labute approximate surface area is 94.2 Å². The Morgan fingerprint density at radius 2 is 1.31 bits per heavy atom. The van der Waals surface area contributed by atoms with Gasteiger partial charge in [0.25, 0.3) is 0 Å². The summed E-state index contributed by atoms with van der Waals surface area (Å²) >= 11 is 0. The number of phenols is 3. The van der Waals surface area contributed by atoms with Crippen molar-refractivity contribution in [1.82, 2.24) is 0 Å². The molecule has 1 rings (SSSR count). The van der Waals surface area contributed by atoms with Crippen LogP contribution >= 0.6 is 0 Å². The van der Waals surface area contributed by atoms with Gasteiger partial charge in [-0.3, -0.25) is 4.79 Å². The van der Waals surface area contributed by atoms with E-state index in [9.17, 15) is 20.1 Å². The monoisotopic (exact) mass is 224 g/mol. The molecule has 0 aliphatic rings. The molecule has 4 heteroatoms. The van der Waals surface area contributed by atoms with Crippen LogP contribution in [0.3, 0.4) is 0 Å². The first-order valence-corrected chi connectivity index (χ1v) is 5.25. The van der Waals surface area contributed by atoms with Crippen molar-refractivity contribution in [2.45, 2.75) is 33.6 Å². The molecule has 1 aromatic rings. The van der Waals surface area contributed by atoms with Crippen molar-refractivity contribution >= 4 is 5.78 Å². The number of benzene rings is 1. The van der Waals surface area contributed by atoms with Crippen LogP contribution in [0.2, 0.25) is 0 Å². The highest BCUT2D eigenvalue weighted by atomic mass is 16.3. The minimum atomic E-state index is -0.417. The van der Waals surface area contributed by atoms with Crippen LogP contribution in [-0.2, 0) is 12.8 Å². The summed E-state index contributed by atoms with van der Waals surface area (Å²) < 4.78 is 0. The normalized spacial score (nSPS) is 10.4. The molecule has 0 saturated carbocycles. The number of carbonyl (C=O) groups excluding carboxylic acids is 1. The fourth-order valence-corrected chi connectivity index (χ4v) is 1.82. The van der Waals surface area contributed by atoms with Gasteiger partial charge in [-0.1, -0.05) is 13.8 Å². The zero-order valence-corrected chi connectivity index (χ0v) is 9.66. The summed E-state index contributed by atoms with van der Waals surface area (Å²) in [6.07, 6.45) is 0.788. The van der Waals surface area contributed by atoms with Gasteiger partial charge in [0.15, 0.2) is 5.78 Å². The predicted molar refractivity (Wildman–Crippen MR) is 60.2 cm³/mol. The second-order valence-electron chi connectivity index (χ2n) is 3.64. The minimum Gasteiger partial charge on any atom is -0.507 e. The number of carbonyl (C=O) groups is 1. The number of phenolic OH excluding ortho intramolecular Hbond substituents is 3. The first-order chi connectivity index (χ1) is 7.45. The highest BCUT2D eigenvalue weighted by molar-refractivity contribution is 6.00. The average molecular weight is 224 g/mol. The zero-order valence-electron chi connectivity index (χ0n) is 9.66. The first-order valence-electron chi connectivity index (χ1n) is 5.25. The van der Waals surface area contributed by atoms with Crippen LogP contribution in [-0.4, -0.2) is 21.1 Å². The molecule has 3 N–H and O–H groups in total. The number of ketones is 1. The van der Waals surface area contributed by atoms with Gasteiger partial charge in [0, 0.05) is 11.1 Å². The van der Waals surface area contributed by atoms with E-state index in [0.717, 1.165) is 0 Å². The second kappa shape index (κ2) is 4.43. The number of Topliss-reactive ketones (excluding diaryl/α,β-unsaturated/α-hetero) is 1. The van der Waals surface area contributed by atoms with E-state index in [2.05, 4.69) is 0 Å². The van der Waals surface area contributed by atoms with Gasteiger partial charge in [0.05, 0.1) is 0 Å². The van der Waals surface area contributed by atoms with Crippen molar-refractivity contribution < 1.29 is 20.1 Å². The molecule has 16 heavy (non-hydrogen) atoms. The quantitative estimate of drug-likeness (QED) is 0.687. The molecule has 0 atom stereocenters. The third-order valence-corrected chi connectivity index (χ3v) is 2.68. The van der Waals surface area contributed by atoms with Crippen molar-refractivity contribution in [2.75, 3.05) is 0 Å². The Morgan fingerprint density at radius 1 is 0.938 bits per heavy atom. The SMILES string of the molecule is CCc1c(O)c(CC)c(O)c(C(C)=O)c1O. The van der Waals surface area contributed by atoms with E-state index < -0.39 is 5.78 Å². The van der Waals surface area contributed by atoms with Gasteiger partial charge in [-0.15, -0.1) is 0 Å². The number of hydrogen-bond acceptors (Lipinski definition) is 4. The van der Waals surface area contributed by atoms with E-state index in [0.29, 0.717) is 24.0 Å². The predicted octanol–water partition coefficient (Wildman–Crippen LogP) is 2.13. The standard InChI is InChI=1S/C12H16O4/c1-4-7-10(14)8(5-2)12(16)9(6(3)13)11(7)15/h14-16H,4-5H2,1-3H3. The summed E-state index contributed by atoms with van der Waals surface area (Å²) in [4.78, 5) is 11.3. The summed E-state index contributed by atoms with van der Waals surface area (Å²) in [6, 6.07) is 0. The van der Waals surface area contributed by atoms with Crippen LogP contribution in [0.25, 0.3) is 0 Å². The molecular weight excluding hydrogens is 208 g/mol. The maximum atomic E-state index is 11.3. The van der Waals surface area contributed by atoms with E-state index in [1.807, 2.05) is 0 Å². The molecule has 0 amide bonds. The fourth-order valence-electron chi connectivity index (χ4n) is 1.82. The van der Waals surface area contributed by atoms with Crippen molar-refractivity contribution in [3.63, 3.8) is 0 Å². The summed E-state index contributed by atoms with van der Waals surface area (Å²) in [5.74, 6) is -1.17. The van der Waals surface area contributed by atoms with Crippen molar-refractivity contribution in [2.24, 2.45) is 0 Å². The molecule has 0 saturated heterocycles. The maximum absolute atomic E-state index is 11.3. The van der Waals surface area contributed by atoms with E-state index in [1.54, 1.807) is 13.8 Å². The molecule has 1 aromatic carbocycles. The largest absolute Gasteiger partial charge is 0.507 e. The molecule has 0 aromatic heterocycles. The van der Waals surface area contributed by atoms with E-state index in [4.69, 9.17) is 0 Å². The van der Waals surface area contributed by atoms with Gasteiger partial charge >= 0.3 is 0 Å². The summed E-state index contributed by atoms with van der Waals surface area (Å²) in [6.45, 7) is 4.79. The van der Waals surface area contributed by atoms with Gasteiger partial charge in [-0.05, 0) is 19.8 Å². The number of aromatic hydroxyl groups is 3. The van der Waals surface area contributed by atoms with Crippen LogP contribution in [0.1, 0.15) is 42.3 Å². The fraction of sp³-hybridized carbons (Fsp3) is 0.417. The topological polar surface area (TPSA) is 77.8 Å². The van der Waals surface area contributed by atoms with Crippen LogP contribution in [0.4, 0.5) is 0 Å². The molecule has 4 nitrogen and oxygen atoms in total. The van der Waals surface area contributed by atoms with Crippen LogP contribution in [0.5, 0.6) is 17.2 Å². The maximum Gasteiger partial charge on any atom is 0.167 e. The van der Waals surface area contributed by atoms with Crippen molar-refractivity contribution in [3.8, 4) is 17.2 Å². The Balaban J connectivity index is 3.70. The molecule has 0 unspecified atom stereocenters. The van der Waals surface area contributed by atoms with Crippen molar-refractivity contribution in [3.05, 3.63) is 16.7 Å². The molecule has 0 spiro atoms. The second-order valence-corrected chi connectivity index (χ2v) is 3.64. The van der Waals surface area contributed by atoms with Crippen LogP contribution in [0.15, 0.2) is 0 Å². The molecule has 0 aliphatic carbocycles. The number of rotatable bonds is 3. The molecule has 0 aliphatic heterocycles. The highest BCUT2D eigenvalue weighted by Gasteiger charge is 2.23. The third-order valence-electron chi connectivity index (χ3n) is 2.68. The number of hydrogen-bond donors (Lipinski definition) is 3. The lowest BCUT2D eigenvalue weighted by Crippen LogP contribution is -2.01. The summed E-state index contributed by atoms with van der Waals surface area (Å²) in [7, 11) is 0. The van der Waals surface area contributed by atoms with Crippen LogP contribution < -0.4 is 0 Å². The summed E-state index contributed by atoms with van der Waals surface area (Å²) in [5, 5.41) is 29.4. The molecule has 88 valence electrons. The lowest BCUT2D eigenvalue weighted by Gasteiger charge is -2.15. The van der Waals surface area contributed by atoms with E-state index in [1.165, 1.54) is 6.92 Å². The Hall–Kier alpha value is -1.71. The summed E-state index contributed by atoms with van der Waals surface area (Å²) in [5.41, 5.74) is 0.506. The van der Waals surface area contributed by atoms with Crippen molar-refractivity contribution in [1.29, 1.82) is 0 Å². The zero-order chi connectivity index (χ0) is 12.5. The minimum absolute atomic E-state index is 0.105. The van der Waals surface area contributed by atoms with E-state index in [-0.39, 0.29) is 22.8 Å². The lowest BCUT2D eigenvalue weighted by molar-refractivity contribution is 0.101. The van der Waals surface area contributed by atoms with E-state index >= 15 is 0 Å².